The lowest BCUT2D eigenvalue weighted by molar-refractivity contribution is -0.142. The molecule has 0 aromatic heterocycles. The molecule has 1 saturated heterocycles. The number of carbonyl (C=O) groups is 4. The number of carbonyl (C=O) groups excluding carboxylic acids is 4. The van der Waals surface area contributed by atoms with Gasteiger partial charge in [-0.15, -0.1) is 0 Å². The van der Waals surface area contributed by atoms with Crippen molar-refractivity contribution in [3.63, 3.8) is 0 Å². The molecule has 4 amide bonds. The maximum absolute atomic E-state index is 13.5. The van der Waals surface area contributed by atoms with Crippen molar-refractivity contribution in [1.29, 1.82) is 0 Å². The van der Waals surface area contributed by atoms with Gasteiger partial charge in [0.05, 0.1) is 6.42 Å². The van der Waals surface area contributed by atoms with Gasteiger partial charge in [-0.05, 0) is 36.2 Å². The molecule has 0 unspecified atom stereocenters. The molecule has 0 saturated carbocycles. The third-order valence-electron chi connectivity index (χ3n) is 6.46. The predicted molar refractivity (Wildman–Crippen MR) is 137 cm³/mol. The second kappa shape index (κ2) is 13.4. The Balaban J connectivity index is 1.97. The summed E-state index contributed by atoms with van der Waals surface area (Å²) in [5.41, 5.74) is 2.00. The zero-order valence-corrected chi connectivity index (χ0v) is 22.2. The SMILES string of the molecule is CC(C)C[C@H](CC(=O)NO)C(=O)N[C@H](C(=O)N1CCC(NC(=O)Cc2ccccc2)CC1)C(C)(C)C. The van der Waals surface area contributed by atoms with E-state index in [1.165, 1.54) is 0 Å². The minimum atomic E-state index is -0.763. The number of rotatable bonds is 10. The Kier molecular flexibility index (Phi) is 10.9. The summed E-state index contributed by atoms with van der Waals surface area (Å²) >= 11 is 0. The zero-order valence-electron chi connectivity index (χ0n) is 22.2. The quantitative estimate of drug-likeness (QED) is 0.289. The molecular formula is C27H42N4O5. The van der Waals surface area contributed by atoms with Crippen LogP contribution < -0.4 is 16.1 Å². The van der Waals surface area contributed by atoms with Gasteiger partial charge in [0.25, 0.3) is 0 Å². The van der Waals surface area contributed by atoms with Gasteiger partial charge in [0.1, 0.15) is 6.04 Å². The van der Waals surface area contributed by atoms with E-state index in [1.807, 2.05) is 65.0 Å². The number of nitrogens with zero attached hydrogens (tertiary/aromatic N) is 1. The first-order valence-electron chi connectivity index (χ1n) is 12.8. The molecule has 0 aliphatic carbocycles. The first kappa shape index (κ1) is 29.3. The fourth-order valence-electron chi connectivity index (χ4n) is 4.52. The normalized spacial score (nSPS) is 16.2. The van der Waals surface area contributed by atoms with Crippen LogP contribution in [0.25, 0.3) is 0 Å². The van der Waals surface area contributed by atoms with E-state index in [1.54, 1.807) is 10.4 Å². The number of piperidine rings is 1. The topological polar surface area (TPSA) is 128 Å². The lowest BCUT2D eigenvalue weighted by Gasteiger charge is -2.39. The van der Waals surface area contributed by atoms with Crippen LogP contribution in [0, 0.1) is 17.3 Å². The van der Waals surface area contributed by atoms with Crippen LogP contribution in [0.3, 0.4) is 0 Å². The lowest BCUT2D eigenvalue weighted by atomic mass is 9.84. The smallest absolute Gasteiger partial charge is 0.245 e. The predicted octanol–water partition coefficient (Wildman–Crippen LogP) is 2.43. The molecule has 36 heavy (non-hydrogen) atoms. The summed E-state index contributed by atoms with van der Waals surface area (Å²) in [5, 5.41) is 14.9. The van der Waals surface area contributed by atoms with Crippen molar-refractivity contribution < 1.29 is 24.4 Å². The Morgan fingerprint density at radius 1 is 1.03 bits per heavy atom. The van der Waals surface area contributed by atoms with Gasteiger partial charge in [0.2, 0.25) is 23.6 Å². The second-order valence-corrected chi connectivity index (χ2v) is 11.2. The van der Waals surface area contributed by atoms with Gasteiger partial charge in [-0.1, -0.05) is 65.0 Å². The summed E-state index contributed by atoms with van der Waals surface area (Å²) in [6.07, 6.45) is 1.91. The second-order valence-electron chi connectivity index (χ2n) is 11.2. The number of hydroxylamine groups is 1. The molecule has 200 valence electrons. The highest BCUT2D eigenvalue weighted by Crippen LogP contribution is 2.25. The van der Waals surface area contributed by atoms with Crippen LogP contribution in [-0.4, -0.2) is 58.9 Å². The van der Waals surface area contributed by atoms with E-state index in [0.29, 0.717) is 38.8 Å². The number of likely N-dealkylation sites (tertiary alicyclic amines) is 1. The lowest BCUT2D eigenvalue weighted by Crippen LogP contribution is -2.58. The summed E-state index contributed by atoms with van der Waals surface area (Å²) in [7, 11) is 0. The van der Waals surface area contributed by atoms with E-state index in [-0.39, 0.29) is 36.1 Å². The van der Waals surface area contributed by atoms with Gasteiger partial charge >= 0.3 is 0 Å². The van der Waals surface area contributed by atoms with Gasteiger partial charge in [0.15, 0.2) is 0 Å². The maximum atomic E-state index is 13.5. The van der Waals surface area contributed by atoms with Gasteiger partial charge in [0, 0.05) is 31.5 Å². The molecule has 1 aromatic carbocycles. The number of hydrogen-bond acceptors (Lipinski definition) is 5. The molecule has 9 heteroatoms. The van der Waals surface area contributed by atoms with Crippen LogP contribution in [0.1, 0.15) is 65.9 Å². The Labute approximate surface area is 214 Å². The Morgan fingerprint density at radius 2 is 1.64 bits per heavy atom. The minimum absolute atomic E-state index is 0.000330. The van der Waals surface area contributed by atoms with E-state index < -0.39 is 23.3 Å². The summed E-state index contributed by atoms with van der Waals surface area (Å²) in [5.74, 6) is -1.70. The third-order valence-corrected chi connectivity index (χ3v) is 6.46. The molecule has 4 N–H and O–H groups in total. The molecule has 1 fully saturated rings. The zero-order chi connectivity index (χ0) is 26.9. The molecule has 1 heterocycles. The molecule has 9 nitrogen and oxygen atoms in total. The highest BCUT2D eigenvalue weighted by molar-refractivity contribution is 5.91. The largest absolute Gasteiger partial charge is 0.353 e. The van der Waals surface area contributed by atoms with Crippen LogP contribution in [0.4, 0.5) is 0 Å². The Bertz CT molecular complexity index is 889. The fourth-order valence-corrected chi connectivity index (χ4v) is 4.52. The number of amides is 4. The van der Waals surface area contributed by atoms with E-state index in [9.17, 15) is 19.2 Å². The minimum Gasteiger partial charge on any atom is -0.353 e. The van der Waals surface area contributed by atoms with Crippen LogP contribution in [0.2, 0.25) is 0 Å². The Morgan fingerprint density at radius 3 is 2.17 bits per heavy atom. The van der Waals surface area contributed by atoms with Crippen molar-refractivity contribution in [2.24, 2.45) is 17.3 Å². The summed E-state index contributed by atoms with van der Waals surface area (Å²) < 4.78 is 0. The van der Waals surface area contributed by atoms with Crippen LogP contribution in [0.5, 0.6) is 0 Å². The van der Waals surface area contributed by atoms with Crippen molar-refractivity contribution in [1.82, 2.24) is 21.0 Å². The van der Waals surface area contributed by atoms with Crippen LogP contribution >= 0.6 is 0 Å². The molecule has 0 spiro atoms. The first-order chi connectivity index (χ1) is 16.9. The van der Waals surface area contributed by atoms with E-state index in [2.05, 4.69) is 10.6 Å². The summed E-state index contributed by atoms with van der Waals surface area (Å²) in [6, 6.07) is 8.81. The maximum Gasteiger partial charge on any atom is 0.245 e. The van der Waals surface area contributed by atoms with E-state index in [0.717, 1.165) is 5.56 Å². The average molecular weight is 503 g/mol. The van der Waals surface area contributed by atoms with Crippen molar-refractivity contribution in [3.05, 3.63) is 35.9 Å². The number of benzene rings is 1. The highest BCUT2D eigenvalue weighted by Gasteiger charge is 2.38. The van der Waals surface area contributed by atoms with Crippen molar-refractivity contribution in [3.8, 4) is 0 Å². The first-order valence-corrected chi connectivity index (χ1v) is 12.8. The highest BCUT2D eigenvalue weighted by atomic mass is 16.5. The van der Waals surface area contributed by atoms with Gasteiger partial charge in [-0.25, -0.2) is 5.48 Å². The Hall–Kier alpha value is -2.94. The monoisotopic (exact) mass is 502 g/mol. The molecule has 1 aromatic rings. The van der Waals surface area contributed by atoms with Gasteiger partial charge in [-0.2, -0.15) is 0 Å². The molecule has 0 radical (unpaired) electrons. The van der Waals surface area contributed by atoms with Gasteiger partial charge < -0.3 is 15.5 Å². The summed E-state index contributed by atoms with van der Waals surface area (Å²) in [6.45, 7) is 10.6. The van der Waals surface area contributed by atoms with Crippen molar-refractivity contribution >= 4 is 23.6 Å². The van der Waals surface area contributed by atoms with Gasteiger partial charge in [-0.3, -0.25) is 24.4 Å². The van der Waals surface area contributed by atoms with E-state index >= 15 is 0 Å². The molecule has 2 rings (SSSR count). The van der Waals surface area contributed by atoms with Crippen molar-refractivity contribution in [2.75, 3.05) is 13.1 Å². The van der Waals surface area contributed by atoms with Crippen LogP contribution in [-0.2, 0) is 25.6 Å². The van der Waals surface area contributed by atoms with Crippen molar-refractivity contribution in [2.45, 2.75) is 78.8 Å². The molecular weight excluding hydrogens is 460 g/mol. The molecule has 1 aliphatic rings. The molecule has 1 aliphatic heterocycles. The molecule has 0 bridgehead atoms. The summed E-state index contributed by atoms with van der Waals surface area (Å²) in [4.78, 5) is 52.5. The standard InChI is InChI=1S/C27H42N4O5/c1-18(2)15-20(17-23(33)30-36)25(34)29-24(27(3,4)5)26(35)31-13-11-21(12-14-31)28-22(32)16-19-9-7-6-8-10-19/h6-10,18,20-21,24,36H,11-17H2,1-5H3,(H,28,32)(H,29,34)(H,30,33)/t20-,24-/m1/s1. The number of hydrogen-bond donors (Lipinski definition) is 4. The molecule has 2 atom stereocenters. The van der Waals surface area contributed by atoms with E-state index in [4.69, 9.17) is 5.21 Å². The third kappa shape index (κ3) is 9.26. The van der Waals surface area contributed by atoms with Crippen LogP contribution in [0.15, 0.2) is 30.3 Å². The fraction of sp³-hybridized carbons (Fsp3) is 0.630. The average Bonchev–Trinajstić information content (AvgIpc) is 2.81. The number of nitrogens with one attached hydrogen (secondary N) is 3.